The van der Waals surface area contributed by atoms with Crippen molar-refractivity contribution < 1.29 is 27.2 Å². The number of alkyl halides is 3. The molecule has 0 saturated heterocycles. The highest BCUT2D eigenvalue weighted by Gasteiger charge is 2.28. The molecule has 0 aliphatic carbocycles. The number of imide groups is 1. The molecule has 2 heterocycles. The minimum absolute atomic E-state index is 0.237. The van der Waals surface area contributed by atoms with Gasteiger partial charge >= 0.3 is 12.2 Å². The zero-order chi connectivity index (χ0) is 20.0. The highest BCUT2D eigenvalue weighted by molar-refractivity contribution is 7.99. The van der Waals surface area contributed by atoms with Crippen molar-refractivity contribution in [2.75, 3.05) is 12.3 Å². The molecule has 2 rings (SSSR count). The molecule has 0 bridgehead atoms. The number of allylic oxidation sites excluding steroid dienone is 1. The monoisotopic (exact) mass is 403 g/mol. The van der Waals surface area contributed by atoms with Gasteiger partial charge < -0.3 is 9.73 Å². The van der Waals surface area contributed by atoms with E-state index in [1.54, 1.807) is 29.0 Å². The largest absolute Gasteiger partial charge is 0.469 e. The van der Waals surface area contributed by atoms with Gasteiger partial charge in [-0.25, -0.2) is 4.79 Å². The quantitative estimate of drug-likeness (QED) is 0.544. The lowest BCUT2D eigenvalue weighted by Crippen LogP contribution is -2.43. The van der Waals surface area contributed by atoms with Crippen molar-refractivity contribution in [1.82, 2.24) is 25.4 Å². The second-order valence-corrected chi connectivity index (χ2v) is 6.17. The summed E-state index contributed by atoms with van der Waals surface area (Å²) < 4.78 is 43.0. The number of carbonyl (C=O) groups excluding carboxylic acids is 2. The summed E-state index contributed by atoms with van der Waals surface area (Å²) >= 11 is 0.981. The van der Waals surface area contributed by atoms with E-state index in [2.05, 4.69) is 16.8 Å². The van der Waals surface area contributed by atoms with Crippen LogP contribution in [0.15, 0.2) is 34.6 Å². The fourth-order valence-corrected chi connectivity index (χ4v) is 2.77. The van der Waals surface area contributed by atoms with E-state index < -0.39 is 24.7 Å². The van der Waals surface area contributed by atoms with Crippen molar-refractivity contribution in [3.8, 4) is 11.4 Å². The van der Waals surface area contributed by atoms with Crippen LogP contribution in [0.1, 0.15) is 5.76 Å². The topological polar surface area (TPSA) is 102 Å². The van der Waals surface area contributed by atoms with Crippen LogP contribution in [0.5, 0.6) is 0 Å². The number of aryl methyl sites for hydroxylation is 1. The number of aromatic nitrogens is 3. The number of furan rings is 1. The summed E-state index contributed by atoms with van der Waals surface area (Å²) in [4.78, 5) is 23.0. The van der Waals surface area contributed by atoms with Crippen LogP contribution in [-0.4, -0.2) is 45.2 Å². The minimum Gasteiger partial charge on any atom is -0.469 e. The van der Waals surface area contributed by atoms with Gasteiger partial charge in [-0.2, -0.15) is 13.2 Å². The van der Waals surface area contributed by atoms with Crippen molar-refractivity contribution in [3.05, 3.63) is 30.7 Å². The van der Waals surface area contributed by atoms with Crippen molar-refractivity contribution in [3.63, 3.8) is 0 Å². The molecule has 0 aliphatic heterocycles. The average Bonchev–Trinajstić information content (AvgIpc) is 3.17. The molecular weight excluding hydrogens is 387 g/mol. The summed E-state index contributed by atoms with van der Waals surface area (Å²) in [7, 11) is 0. The maximum Gasteiger partial charge on any atom is 0.405 e. The second kappa shape index (κ2) is 8.75. The van der Waals surface area contributed by atoms with Crippen molar-refractivity contribution >= 4 is 23.7 Å². The SMILES string of the molecule is C=CCn1c(SCC(=O)NC(=O)NCC(F)(F)F)nnc1-c1ccoc1C. The number of amides is 3. The molecule has 2 aromatic rings. The number of hydrogen-bond donors (Lipinski definition) is 2. The zero-order valence-corrected chi connectivity index (χ0v) is 15.0. The number of urea groups is 1. The van der Waals surface area contributed by atoms with Crippen LogP contribution in [-0.2, 0) is 11.3 Å². The number of thioether (sulfide) groups is 1. The number of rotatable bonds is 7. The molecular formula is C15H16F3N5O3S. The van der Waals surface area contributed by atoms with Gasteiger partial charge in [0.1, 0.15) is 12.3 Å². The van der Waals surface area contributed by atoms with Gasteiger partial charge in [-0.15, -0.1) is 16.8 Å². The first-order valence-electron chi connectivity index (χ1n) is 7.57. The molecule has 146 valence electrons. The Bertz CT molecular complexity index is 831. The Hall–Kier alpha value is -2.76. The molecule has 0 aliphatic rings. The summed E-state index contributed by atoms with van der Waals surface area (Å²) in [6.07, 6.45) is -1.42. The number of nitrogens with zero attached hydrogens (tertiary/aromatic N) is 3. The first-order chi connectivity index (χ1) is 12.7. The van der Waals surface area contributed by atoms with E-state index in [-0.39, 0.29) is 5.75 Å². The van der Waals surface area contributed by atoms with E-state index >= 15 is 0 Å². The Morgan fingerprint density at radius 3 is 2.74 bits per heavy atom. The lowest BCUT2D eigenvalue weighted by molar-refractivity contribution is -0.124. The molecule has 2 N–H and O–H groups in total. The fraction of sp³-hybridized carbons (Fsp3) is 0.333. The molecule has 0 radical (unpaired) electrons. The Balaban J connectivity index is 1.98. The van der Waals surface area contributed by atoms with Crippen molar-refractivity contribution in [2.24, 2.45) is 0 Å². The summed E-state index contributed by atoms with van der Waals surface area (Å²) in [5.74, 6) is 0.156. The predicted octanol–water partition coefficient (Wildman–Crippen LogP) is 2.51. The van der Waals surface area contributed by atoms with E-state index in [0.717, 1.165) is 17.3 Å². The van der Waals surface area contributed by atoms with Crippen LogP contribution < -0.4 is 10.6 Å². The summed E-state index contributed by atoms with van der Waals surface area (Å²) in [5, 5.41) is 11.8. The number of carbonyl (C=O) groups is 2. The number of hydrogen-bond acceptors (Lipinski definition) is 6. The molecule has 12 heteroatoms. The number of nitrogens with one attached hydrogen (secondary N) is 2. The highest BCUT2D eigenvalue weighted by Crippen LogP contribution is 2.27. The van der Waals surface area contributed by atoms with Crippen LogP contribution in [0.3, 0.4) is 0 Å². The maximum absolute atomic E-state index is 12.0. The molecule has 8 nitrogen and oxygen atoms in total. The van der Waals surface area contributed by atoms with Gasteiger partial charge in [0.2, 0.25) is 5.91 Å². The van der Waals surface area contributed by atoms with Crippen molar-refractivity contribution in [1.29, 1.82) is 0 Å². The van der Waals surface area contributed by atoms with Gasteiger partial charge in [0.25, 0.3) is 0 Å². The lowest BCUT2D eigenvalue weighted by Gasteiger charge is -2.09. The third-order valence-electron chi connectivity index (χ3n) is 3.16. The highest BCUT2D eigenvalue weighted by atomic mass is 32.2. The Morgan fingerprint density at radius 1 is 1.41 bits per heavy atom. The first-order valence-corrected chi connectivity index (χ1v) is 8.55. The van der Waals surface area contributed by atoms with Gasteiger partial charge in [-0.3, -0.25) is 14.7 Å². The normalized spacial score (nSPS) is 11.3. The van der Waals surface area contributed by atoms with E-state index in [1.807, 2.05) is 5.32 Å². The van der Waals surface area contributed by atoms with E-state index in [9.17, 15) is 22.8 Å². The molecule has 3 amide bonds. The minimum atomic E-state index is -4.56. The van der Waals surface area contributed by atoms with E-state index in [4.69, 9.17) is 4.42 Å². The zero-order valence-electron chi connectivity index (χ0n) is 14.2. The second-order valence-electron chi connectivity index (χ2n) is 5.23. The summed E-state index contributed by atoms with van der Waals surface area (Å²) in [6.45, 7) is 4.27. The molecule has 0 atom stereocenters. The van der Waals surface area contributed by atoms with Crippen LogP contribution in [0.4, 0.5) is 18.0 Å². The standard InChI is InChI=1S/C15H16F3N5O3S/c1-3-5-23-12(10-4-6-26-9(10)2)21-22-14(23)27-7-11(24)20-13(25)19-8-15(16,17)18/h3-4,6H,1,5,7-8H2,2H3,(H2,19,20,24,25). The van der Waals surface area contributed by atoms with E-state index in [0.29, 0.717) is 23.3 Å². The third-order valence-corrected chi connectivity index (χ3v) is 4.13. The molecule has 0 saturated carbocycles. The van der Waals surface area contributed by atoms with Gasteiger partial charge in [0.05, 0.1) is 17.6 Å². The van der Waals surface area contributed by atoms with Crippen LogP contribution >= 0.6 is 11.8 Å². The first kappa shape index (κ1) is 20.6. The third kappa shape index (κ3) is 5.88. The Labute approximate surface area is 156 Å². The van der Waals surface area contributed by atoms with Crippen molar-refractivity contribution in [2.45, 2.75) is 24.8 Å². The molecule has 27 heavy (non-hydrogen) atoms. The molecule has 0 aromatic carbocycles. The lowest BCUT2D eigenvalue weighted by atomic mass is 10.2. The average molecular weight is 403 g/mol. The molecule has 0 spiro atoms. The maximum atomic E-state index is 12.0. The summed E-state index contributed by atoms with van der Waals surface area (Å²) in [5.41, 5.74) is 0.729. The summed E-state index contributed by atoms with van der Waals surface area (Å²) in [6, 6.07) is 0.505. The fourth-order valence-electron chi connectivity index (χ4n) is 2.02. The molecule has 2 aromatic heterocycles. The van der Waals surface area contributed by atoms with Crippen LogP contribution in [0.25, 0.3) is 11.4 Å². The van der Waals surface area contributed by atoms with Gasteiger partial charge in [-0.1, -0.05) is 17.8 Å². The Morgan fingerprint density at radius 2 is 2.15 bits per heavy atom. The van der Waals surface area contributed by atoms with E-state index in [1.165, 1.54) is 6.26 Å². The number of halogens is 3. The predicted molar refractivity (Wildman–Crippen MR) is 91.0 cm³/mol. The van der Waals surface area contributed by atoms with Crippen LogP contribution in [0, 0.1) is 6.92 Å². The van der Waals surface area contributed by atoms with Gasteiger partial charge in [-0.05, 0) is 13.0 Å². The smallest absolute Gasteiger partial charge is 0.405 e. The molecule has 0 fully saturated rings. The van der Waals surface area contributed by atoms with Gasteiger partial charge in [0, 0.05) is 6.54 Å². The van der Waals surface area contributed by atoms with Gasteiger partial charge in [0.15, 0.2) is 11.0 Å². The molecule has 0 unspecified atom stereocenters. The Kier molecular flexibility index (Phi) is 6.66. The van der Waals surface area contributed by atoms with Crippen LogP contribution in [0.2, 0.25) is 0 Å².